The maximum Gasteiger partial charge on any atom is 0.513 e. The van der Waals surface area contributed by atoms with E-state index in [-0.39, 0.29) is 42.0 Å². The summed E-state index contributed by atoms with van der Waals surface area (Å²) in [6, 6.07) is 3.21. The minimum atomic E-state index is -1.12. The molecule has 1 aromatic rings. The number of carbonyl (C=O) groups is 4. The predicted molar refractivity (Wildman–Crippen MR) is 153 cm³/mol. The third-order valence-corrected chi connectivity index (χ3v) is 5.03. The van der Waals surface area contributed by atoms with Crippen molar-refractivity contribution in [3.63, 3.8) is 0 Å². The van der Waals surface area contributed by atoms with Gasteiger partial charge in [0.15, 0.2) is 11.5 Å². The summed E-state index contributed by atoms with van der Waals surface area (Å²) in [6.45, 7) is 19.7. The summed E-state index contributed by atoms with van der Waals surface area (Å²) >= 11 is 0. The first-order chi connectivity index (χ1) is 19.0. The van der Waals surface area contributed by atoms with E-state index >= 15 is 0 Å². The molecule has 0 unspecified atom stereocenters. The van der Waals surface area contributed by atoms with Gasteiger partial charge in [0.05, 0.1) is 13.2 Å². The Bertz CT molecular complexity index is 1080. The maximum atomic E-state index is 12.7. The predicted octanol–water partition coefficient (Wildman–Crippen LogP) is 5.95. The van der Waals surface area contributed by atoms with Crippen molar-refractivity contribution in [2.45, 2.75) is 106 Å². The standard InChI is InChI=1S/C30H47NO11/c1-18(19(2)39-27(35)42-30(9,10)11)38-24(32)21(31)14-20-12-13-22(40-25(33)36-16-28(3,4)5)23(15-20)41-26(34)37-17-29(6,7)8/h12-13,15,18-19,21H,14,16-17,31H2,1-11H3/t18-,19-,21-/m0/s1. The molecule has 238 valence electrons. The largest absolute Gasteiger partial charge is 0.513 e. The van der Waals surface area contributed by atoms with Crippen molar-refractivity contribution in [1.82, 2.24) is 0 Å². The molecule has 0 amide bonds. The third-order valence-electron chi connectivity index (χ3n) is 5.03. The van der Waals surface area contributed by atoms with Crippen molar-refractivity contribution >= 4 is 24.4 Å². The molecule has 1 rings (SSSR count). The molecule has 0 aliphatic rings. The molecule has 0 radical (unpaired) electrons. The highest BCUT2D eigenvalue weighted by Gasteiger charge is 2.27. The number of ether oxygens (including phenoxy) is 7. The summed E-state index contributed by atoms with van der Waals surface area (Å²) in [4.78, 5) is 49.2. The summed E-state index contributed by atoms with van der Waals surface area (Å²) in [7, 11) is 0. The van der Waals surface area contributed by atoms with Crippen LogP contribution in [0, 0.1) is 10.8 Å². The molecule has 0 aromatic heterocycles. The zero-order valence-corrected chi connectivity index (χ0v) is 26.7. The summed E-state index contributed by atoms with van der Waals surface area (Å²) in [5.41, 5.74) is 5.22. The summed E-state index contributed by atoms with van der Waals surface area (Å²) in [6.07, 6.45) is -4.52. The van der Waals surface area contributed by atoms with Crippen LogP contribution in [0.15, 0.2) is 18.2 Å². The molecule has 0 spiro atoms. The van der Waals surface area contributed by atoms with E-state index in [1.807, 2.05) is 41.5 Å². The molecule has 0 bridgehead atoms. The number of hydrogen-bond donors (Lipinski definition) is 1. The van der Waals surface area contributed by atoms with E-state index in [0.717, 1.165) is 0 Å². The van der Waals surface area contributed by atoms with E-state index in [4.69, 9.17) is 38.9 Å². The van der Waals surface area contributed by atoms with Gasteiger partial charge in [-0.15, -0.1) is 0 Å². The minimum Gasteiger partial charge on any atom is -0.458 e. The molecule has 0 aliphatic carbocycles. The number of benzene rings is 1. The van der Waals surface area contributed by atoms with E-state index in [9.17, 15) is 19.2 Å². The first-order valence-electron chi connectivity index (χ1n) is 13.7. The van der Waals surface area contributed by atoms with Crippen molar-refractivity contribution < 1.29 is 52.3 Å². The van der Waals surface area contributed by atoms with Crippen LogP contribution in [0.5, 0.6) is 11.5 Å². The molecule has 0 fully saturated rings. The van der Waals surface area contributed by atoms with Crippen LogP contribution in [0.2, 0.25) is 0 Å². The van der Waals surface area contributed by atoms with E-state index in [2.05, 4.69) is 0 Å². The van der Waals surface area contributed by atoms with Gasteiger partial charge in [-0.2, -0.15) is 0 Å². The fourth-order valence-corrected chi connectivity index (χ4v) is 2.86. The lowest BCUT2D eigenvalue weighted by atomic mass is 9.99. The van der Waals surface area contributed by atoms with Gasteiger partial charge >= 0.3 is 24.4 Å². The Morgan fingerprint density at radius 1 is 0.714 bits per heavy atom. The van der Waals surface area contributed by atoms with Gasteiger partial charge in [0.1, 0.15) is 23.9 Å². The molecule has 12 nitrogen and oxygen atoms in total. The van der Waals surface area contributed by atoms with Gasteiger partial charge in [-0.25, -0.2) is 14.4 Å². The molecular weight excluding hydrogens is 550 g/mol. The maximum absolute atomic E-state index is 12.7. The van der Waals surface area contributed by atoms with Crippen molar-refractivity contribution in [1.29, 1.82) is 0 Å². The van der Waals surface area contributed by atoms with Crippen LogP contribution in [0.4, 0.5) is 14.4 Å². The van der Waals surface area contributed by atoms with Crippen molar-refractivity contribution in [3.05, 3.63) is 23.8 Å². The van der Waals surface area contributed by atoms with E-state index in [0.29, 0.717) is 5.56 Å². The van der Waals surface area contributed by atoms with Gasteiger partial charge < -0.3 is 38.9 Å². The van der Waals surface area contributed by atoms with Crippen LogP contribution < -0.4 is 15.2 Å². The highest BCUT2D eigenvalue weighted by Crippen LogP contribution is 2.30. The van der Waals surface area contributed by atoms with E-state index in [1.54, 1.807) is 40.7 Å². The molecule has 0 saturated carbocycles. The monoisotopic (exact) mass is 597 g/mol. The average molecular weight is 598 g/mol. The number of hydrogen-bond acceptors (Lipinski definition) is 12. The average Bonchev–Trinajstić information content (AvgIpc) is 2.80. The first-order valence-corrected chi connectivity index (χ1v) is 13.7. The quantitative estimate of drug-likeness (QED) is 0.192. The molecular formula is C30H47NO11. The summed E-state index contributed by atoms with van der Waals surface area (Å²) in [5, 5.41) is 0. The Morgan fingerprint density at radius 2 is 1.19 bits per heavy atom. The topological polar surface area (TPSA) is 159 Å². The van der Waals surface area contributed by atoms with Gasteiger partial charge in [0.2, 0.25) is 0 Å². The van der Waals surface area contributed by atoms with Crippen LogP contribution in [-0.4, -0.2) is 61.5 Å². The number of nitrogens with two attached hydrogens (primary N) is 1. The lowest BCUT2D eigenvalue weighted by Crippen LogP contribution is -2.40. The van der Waals surface area contributed by atoms with Crippen molar-refractivity contribution in [2.24, 2.45) is 16.6 Å². The van der Waals surface area contributed by atoms with E-state index in [1.165, 1.54) is 12.1 Å². The number of esters is 1. The van der Waals surface area contributed by atoms with Crippen LogP contribution in [0.25, 0.3) is 0 Å². The molecule has 0 saturated heterocycles. The Labute approximate surface area is 248 Å². The molecule has 3 atom stereocenters. The van der Waals surface area contributed by atoms with Crippen LogP contribution in [0.1, 0.15) is 81.7 Å². The van der Waals surface area contributed by atoms with Crippen molar-refractivity contribution in [2.75, 3.05) is 13.2 Å². The Morgan fingerprint density at radius 3 is 1.67 bits per heavy atom. The lowest BCUT2D eigenvalue weighted by molar-refractivity contribution is -0.156. The normalized spacial score (nSPS) is 14.1. The molecule has 0 aliphatic heterocycles. The van der Waals surface area contributed by atoms with Gasteiger partial charge in [-0.05, 0) is 69.6 Å². The molecule has 1 aromatic carbocycles. The molecule has 42 heavy (non-hydrogen) atoms. The second kappa shape index (κ2) is 15.1. The first kappa shape index (κ1) is 36.5. The Hall–Kier alpha value is -3.54. The summed E-state index contributed by atoms with van der Waals surface area (Å²) in [5.74, 6) is -0.976. The molecule has 12 heteroatoms. The zero-order valence-electron chi connectivity index (χ0n) is 26.7. The van der Waals surface area contributed by atoms with Gasteiger partial charge in [0, 0.05) is 0 Å². The molecule has 0 heterocycles. The second-order valence-corrected chi connectivity index (χ2v) is 13.4. The Kier molecular flexibility index (Phi) is 13.1. The number of carbonyl (C=O) groups excluding carboxylic acids is 4. The fourth-order valence-electron chi connectivity index (χ4n) is 2.86. The molecule has 2 N–H and O–H groups in total. The van der Waals surface area contributed by atoms with Gasteiger partial charge in [-0.3, -0.25) is 4.79 Å². The zero-order chi connectivity index (χ0) is 32.5. The minimum absolute atomic E-state index is 0.0188. The smallest absolute Gasteiger partial charge is 0.458 e. The number of rotatable bonds is 10. The van der Waals surface area contributed by atoms with E-state index < -0.39 is 48.3 Å². The Balaban J connectivity index is 2.97. The highest BCUT2D eigenvalue weighted by molar-refractivity contribution is 5.76. The van der Waals surface area contributed by atoms with Gasteiger partial charge in [-0.1, -0.05) is 47.6 Å². The summed E-state index contributed by atoms with van der Waals surface area (Å²) < 4.78 is 36.6. The SMILES string of the molecule is C[C@H](OC(=O)OC(C)(C)C)[C@H](C)OC(=O)[C@@H](N)Cc1ccc(OC(=O)OCC(C)(C)C)c(OC(=O)OCC(C)(C)C)c1. The van der Waals surface area contributed by atoms with Gasteiger partial charge in [0.25, 0.3) is 0 Å². The lowest BCUT2D eigenvalue weighted by Gasteiger charge is -2.24. The third kappa shape index (κ3) is 15.5. The van der Waals surface area contributed by atoms with Crippen LogP contribution in [0.3, 0.4) is 0 Å². The van der Waals surface area contributed by atoms with Crippen LogP contribution >= 0.6 is 0 Å². The van der Waals surface area contributed by atoms with Crippen LogP contribution in [-0.2, 0) is 34.9 Å². The van der Waals surface area contributed by atoms with Crippen molar-refractivity contribution in [3.8, 4) is 11.5 Å². The fraction of sp³-hybridized carbons (Fsp3) is 0.667. The highest BCUT2D eigenvalue weighted by atomic mass is 16.8. The second-order valence-electron chi connectivity index (χ2n) is 13.4.